The molecule has 8 heteroatoms. The number of hydrogen-bond donors (Lipinski definition) is 1. The molecule has 0 aromatic heterocycles. The molecule has 1 aromatic carbocycles. The van der Waals surface area contributed by atoms with E-state index in [2.05, 4.69) is 5.32 Å². The Hall–Kier alpha value is -1.93. The number of nitrogens with zero attached hydrogens (tertiary/aromatic N) is 1. The van der Waals surface area contributed by atoms with Crippen molar-refractivity contribution in [2.24, 2.45) is 5.92 Å². The molecular formula is C18H21F3N2O3. The molecule has 0 saturated carbocycles. The van der Waals surface area contributed by atoms with Crippen LogP contribution in [0.4, 0.5) is 13.2 Å². The number of hydrogen-bond acceptors (Lipinski definition) is 4. The molecule has 2 atom stereocenters. The van der Waals surface area contributed by atoms with Crippen LogP contribution in [-0.4, -0.2) is 55.0 Å². The number of rotatable bonds is 3. The van der Waals surface area contributed by atoms with Crippen LogP contribution in [-0.2, 0) is 9.53 Å². The van der Waals surface area contributed by atoms with E-state index in [0.29, 0.717) is 51.2 Å². The third-order valence-electron chi connectivity index (χ3n) is 5.01. The number of benzene rings is 1. The van der Waals surface area contributed by atoms with Gasteiger partial charge in [-0.3, -0.25) is 9.59 Å². The fourth-order valence-electron chi connectivity index (χ4n) is 3.55. The monoisotopic (exact) mass is 370 g/mol. The van der Waals surface area contributed by atoms with Gasteiger partial charge in [0.15, 0.2) is 5.78 Å². The summed E-state index contributed by atoms with van der Waals surface area (Å²) in [5.41, 5.74) is -0.702. The zero-order valence-electron chi connectivity index (χ0n) is 14.4. The van der Waals surface area contributed by atoms with Gasteiger partial charge < -0.3 is 15.0 Å². The number of piperidine rings is 1. The van der Waals surface area contributed by atoms with Crippen molar-refractivity contribution in [3.63, 3.8) is 0 Å². The Balaban J connectivity index is 1.63. The smallest absolute Gasteiger partial charge is 0.242 e. The average molecular weight is 370 g/mol. The van der Waals surface area contributed by atoms with E-state index in [1.807, 2.05) is 6.92 Å². The molecule has 1 N–H and O–H groups in total. The number of Topliss-reactive ketones (excluding diaryl/α,β-unsaturated/α-hetero) is 1. The summed E-state index contributed by atoms with van der Waals surface area (Å²) in [6.45, 7) is 3.62. The second kappa shape index (κ2) is 7.75. The number of nitrogens with one attached hydrogen (secondary N) is 1. The highest BCUT2D eigenvalue weighted by atomic mass is 19.1. The first-order valence-corrected chi connectivity index (χ1v) is 8.71. The van der Waals surface area contributed by atoms with E-state index in [1.165, 1.54) is 0 Å². The van der Waals surface area contributed by atoms with E-state index < -0.39 is 40.8 Å². The van der Waals surface area contributed by atoms with Crippen LogP contribution in [0.2, 0.25) is 0 Å². The van der Waals surface area contributed by atoms with Gasteiger partial charge in [-0.2, -0.15) is 0 Å². The van der Waals surface area contributed by atoms with Crippen molar-refractivity contribution in [3.05, 3.63) is 35.1 Å². The zero-order chi connectivity index (χ0) is 18.8. The molecule has 1 aromatic rings. The lowest BCUT2D eigenvalue weighted by atomic mass is 9.88. The minimum Gasteiger partial charge on any atom is -0.375 e. The Morgan fingerprint density at radius 1 is 1.15 bits per heavy atom. The molecule has 2 saturated heterocycles. The van der Waals surface area contributed by atoms with E-state index in [0.717, 1.165) is 0 Å². The quantitative estimate of drug-likeness (QED) is 0.826. The molecule has 2 fully saturated rings. The van der Waals surface area contributed by atoms with Gasteiger partial charge in [-0.1, -0.05) is 0 Å². The number of ether oxygens (including phenoxy) is 1. The fraction of sp³-hybridized carbons (Fsp3) is 0.556. The number of carbonyl (C=O) groups is 2. The minimum atomic E-state index is -1.19. The maximum atomic E-state index is 13.8. The van der Waals surface area contributed by atoms with Crippen molar-refractivity contribution in [3.8, 4) is 0 Å². The summed E-state index contributed by atoms with van der Waals surface area (Å²) in [5.74, 6) is -4.82. The van der Waals surface area contributed by atoms with Gasteiger partial charge in [-0.05, 0) is 19.8 Å². The fourth-order valence-corrected chi connectivity index (χ4v) is 3.55. The molecular weight excluding hydrogens is 349 g/mol. The molecule has 142 valence electrons. The van der Waals surface area contributed by atoms with Gasteiger partial charge in [-0.25, -0.2) is 13.2 Å². The molecule has 0 radical (unpaired) electrons. The third-order valence-corrected chi connectivity index (χ3v) is 5.01. The van der Waals surface area contributed by atoms with Crippen molar-refractivity contribution in [2.75, 3.05) is 26.2 Å². The van der Waals surface area contributed by atoms with Gasteiger partial charge in [0.25, 0.3) is 0 Å². The summed E-state index contributed by atoms with van der Waals surface area (Å²) < 4.78 is 46.1. The van der Waals surface area contributed by atoms with Crippen LogP contribution in [0.1, 0.15) is 30.1 Å². The Morgan fingerprint density at radius 3 is 2.35 bits per heavy atom. The van der Waals surface area contributed by atoms with E-state index >= 15 is 0 Å². The predicted octanol–water partition coefficient (Wildman–Crippen LogP) is 1.90. The number of amides is 1. The van der Waals surface area contributed by atoms with Gasteiger partial charge in [-0.15, -0.1) is 0 Å². The summed E-state index contributed by atoms with van der Waals surface area (Å²) in [4.78, 5) is 26.7. The van der Waals surface area contributed by atoms with Crippen LogP contribution in [0.25, 0.3) is 0 Å². The lowest BCUT2D eigenvalue weighted by Gasteiger charge is -2.37. The molecule has 26 heavy (non-hydrogen) atoms. The number of carbonyl (C=O) groups excluding carboxylic acids is 2. The molecule has 2 heterocycles. The molecule has 2 aliphatic heterocycles. The van der Waals surface area contributed by atoms with Crippen LogP contribution < -0.4 is 5.32 Å². The lowest BCUT2D eigenvalue weighted by molar-refractivity contribution is -0.140. The van der Waals surface area contributed by atoms with E-state index in [4.69, 9.17) is 4.74 Å². The lowest BCUT2D eigenvalue weighted by Crippen LogP contribution is -2.57. The van der Waals surface area contributed by atoms with E-state index in [9.17, 15) is 22.8 Å². The first-order valence-electron chi connectivity index (χ1n) is 8.71. The Labute approximate surface area is 149 Å². The molecule has 0 aliphatic carbocycles. The summed E-state index contributed by atoms with van der Waals surface area (Å²) in [6, 6.07) is 0.582. The first-order chi connectivity index (χ1) is 12.4. The van der Waals surface area contributed by atoms with E-state index in [1.54, 1.807) is 4.90 Å². The van der Waals surface area contributed by atoms with Crippen molar-refractivity contribution >= 4 is 11.7 Å². The molecule has 0 unspecified atom stereocenters. The second-order valence-electron chi connectivity index (χ2n) is 6.72. The molecule has 5 nitrogen and oxygen atoms in total. The molecule has 0 spiro atoms. The Bertz CT molecular complexity index is 682. The topological polar surface area (TPSA) is 58.6 Å². The van der Waals surface area contributed by atoms with Crippen molar-refractivity contribution in [1.82, 2.24) is 10.2 Å². The van der Waals surface area contributed by atoms with Crippen LogP contribution in [0, 0.1) is 23.4 Å². The maximum absolute atomic E-state index is 13.8. The van der Waals surface area contributed by atoms with Crippen molar-refractivity contribution in [2.45, 2.75) is 31.9 Å². The standard InChI is InChI=1S/C18H21F3N2O3/c1-10-16(22-4-7-26-10)18(25)23-5-2-11(3-6-23)17(24)15-13(20)8-12(19)9-14(15)21/h8-11,16,22H,2-7H2,1H3/t10-,16+/m1/s1. The third kappa shape index (κ3) is 3.76. The van der Waals surface area contributed by atoms with Gasteiger partial charge in [0, 0.05) is 37.7 Å². The number of morpholine rings is 1. The number of ketones is 1. The van der Waals surface area contributed by atoms with Crippen molar-refractivity contribution < 1.29 is 27.5 Å². The maximum Gasteiger partial charge on any atom is 0.242 e. The Morgan fingerprint density at radius 2 is 1.77 bits per heavy atom. The normalized spacial score (nSPS) is 24.5. The predicted molar refractivity (Wildman–Crippen MR) is 87.2 cm³/mol. The highest BCUT2D eigenvalue weighted by molar-refractivity contribution is 5.98. The molecule has 0 bridgehead atoms. The largest absolute Gasteiger partial charge is 0.375 e. The minimum absolute atomic E-state index is 0.0951. The summed E-state index contributed by atoms with van der Waals surface area (Å²) in [5, 5.41) is 3.13. The zero-order valence-corrected chi connectivity index (χ0v) is 14.4. The summed E-state index contributed by atoms with van der Waals surface area (Å²) in [6.07, 6.45) is 0.379. The van der Waals surface area contributed by atoms with Crippen molar-refractivity contribution in [1.29, 1.82) is 0 Å². The summed E-state index contributed by atoms with van der Waals surface area (Å²) in [7, 11) is 0. The van der Waals surface area contributed by atoms with Gasteiger partial charge in [0.2, 0.25) is 5.91 Å². The highest BCUT2D eigenvalue weighted by Crippen LogP contribution is 2.26. The second-order valence-corrected chi connectivity index (χ2v) is 6.72. The summed E-state index contributed by atoms with van der Waals surface area (Å²) >= 11 is 0. The van der Waals surface area contributed by atoms with Crippen LogP contribution in [0.3, 0.4) is 0 Å². The Kier molecular flexibility index (Phi) is 5.62. The van der Waals surface area contributed by atoms with Crippen LogP contribution >= 0.6 is 0 Å². The number of likely N-dealkylation sites (tertiary alicyclic amines) is 1. The average Bonchev–Trinajstić information content (AvgIpc) is 2.61. The van der Waals surface area contributed by atoms with Gasteiger partial charge >= 0.3 is 0 Å². The molecule has 2 aliphatic rings. The van der Waals surface area contributed by atoms with Gasteiger partial charge in [0.05, 0.1) is 18.3 Å². The van der Waals surface area contributed by atoms with Crippen LogP contribution in [0.15, 0.2) is 12.1 Å². The highest BCUT2D eigenvalue weighted by Gasteiger charge is 2.36. The van der Waals surface area contributed by atoms with E-state index in [-0.39, 0.29) is 12.0 Å². The first kappa shape index (κ1) is 18.8. The molecule has 1 amide bonds. The number of halogens is 3. The SMILES string of the molecule is C[C@H]1OCCN[C@@H]1C(=O)N1CCC(C(=O)c2c(F)cc(F)cc2F)CC1. The van der Waals surface area contributed by atoms with Crippen LogP contribution in [0.5, 0.6) is 0 Å². The van der Waals surface area contributed by atoms with Gasteiger partial charge in [0.1, 0.15) is 23.5 Å². The molecule has 3 rings (SSSR count).